The number of carbonyl (C=O) groups excluding carboxylic acids is 2. The molecule has 1 saturated heterocycles. The van der Waals surface area contributed by atoms with Crippen LogP contribution in [-0.2, 0) is 9.53 Å². The quantitative estimate of drug-likeness (QED) is 0.367. The zero-order valence-corrected chi connectivity index (χ0v) is 18.8. The van der Waals surface area contributed by atoms with Gasteiger partial charge in [-0.3, -0.25) is 14.9 Å². The fraction of sp³-hybridized carbons (Fsp3) is 0.227. The Labute approximate surface area is 198 Å². The first-order valence-electron chi connectivity index (χ1n) is 10.4. The molecule has 12 heteroatoms. The molecule has 1 amide bonds. The predicted octanol–water partition coefficient (Wildman–Crippen LogP) is 2.19. The summed E-state index contributed by atoms with van der Waals surface area (Å²) in [5.74, 6) is 0.0734. The SMILES string of the molecule is COc1ccc(Cl)cc1-c1nn(C(C=O)NC2COC2)cc1NC(=O)c1cnn2cccnc12. The molecule has 1 aliphatic heterocycles. The lowest BCUT2D eigenvalue weighted by atomic mass is 10.1. The minimum absolute atomic E-state index is 0.0338. The molecule has 11 nitrogen and oxygen atoms in total. The number of methoxy groups -OCH3 is 1. The van der Waals surface area contributed by atoms with Gasteiger partial charge >= 0.3 is 0 Å². The van der Waals surface area contributed by atoms with Crippen molar-refractivity contribution in [1.82, 2.24) is 29.7 Å². The first kappa shape index (κ1) is 22.0. The van der Waals surface area contributed by atoms with Gasteiger partial charge in [0.1, 0.15) is 17.0 Å². The highest BCUT2D eigenvalue weighted by Gasteiger charge is 2.26. The maximum Gasteiger partial charge on any atom is 0.261 e. The molecular formula is C22H20ClN7O4. The van der Waals surface area contributed by atoms with E-state index in [-0.39, 0.29) is 11.6 Å². The third-order valence-corrected chi connectivity index (χ3v) is 5.61. The molecule has 2 N–H and O–H groups in total. The van der Waals surface area contributed by atoms with E-state index in [9.17, 15) is 9.59 Å². The van der Waals surface area contributed by atoms with Crippen LogP contribution in [0.5, 0.6) is 5.75 Å². The van der Waals surface area contributed by atoms with Crippen LogP contribution in [-0.4, -0.2) is 62.9 Å². The Balaban J connectivity index is 1.55. The summed E-state index contributed by atoms with van der Waals surface area (Å²) in [5.41, 5.74) is 1.99. The first-order valence-corrected chi connectivity index (χ1v) is 10.8. The van der Waals surface area contributed by atoms with Crippen LogP contribution in [0.15, 0.2) is 49.1 Å². The van der Waals surface area contributed by atoms with Gasteiger partial charge < -0.3 is 14.8 Å². The molecular weight excluding hydrogens is 462 g/mol. The summed E-state index contributed by atoms with van der Waals surface area (Å²) in [6.07, 6.45) is 6.28. The minimum atomic E-state index is -0.762. The number of ether oxygens (including phenoxy) is 2. The number of hydrogen-bond donors (Lipinski definition) is 2. The Morgan fingerprint density at radius 3 is 2.97 bits per heavy atom. The molecule has 3 aromatic heterocycles. The summed E-state index contributed by atoms with van der Waals surface area (Å²) in [7, 11) is 1.53. The molecule has 0 spiro atoms. The number of rotatable bonds is 8. The van der Waals surface area contributed by atoms with Crippen LogP contribution in [0.1, 0.15) is 16.5 Å². The summed E-state index contributed by atoms with van der Waals surface area (Å²) < 4.78 is 13.6. The Bertz CT molecular complexity index is 1360. The highest BCUT2D eigenvalue weighted by atomic mass is 35.5. The van der Waals surface area contributed by atoms with Gasteiger partial charge in [-0.25, -0.2) is 14.2 Å². The van der Waals surface area contributed by atoms with E-state index in [1.165, 1.54) is 22.5 Å². The van der Waals surface area contributed by atoms with Crippen molar-refractivity contribution in [2.75, 3.05) is 25.6 Å². The van der Waals surface area contributed by atoms with Crippen LogP contribution in [0.2, 0.25) is 5.02 Å². The van der Waals surface area contributed by atoms with Crippen molar-refractivity contribution in [2.45, 2.75) is 12.2 Å². The van der Waals surface area contributed by atoms with E-state index in [1.807, 2.05) is 0 Å². The van der Waals surface area contributed by atoms with Crippen molar-refractivity contribution in [3.8, 4) is 17.0 Å². The van der Waals surface area contributed by atoms with Gasteiger partial charge in [0.25, 0.3) is 5.91 Å². The second-order valence-electron chi connectivity index (χ2n) is 7.60. The van der Waals surface area contributed by atoms with Crippen LogP contribution >= 0.6 is 11.6 Å². The van der Waals surface area contributed by atoms with Crippen LogP contribution in [0.25, 0.3) is 16.9 Å². The standard InChI is InChI=1S/C22H20ClN7O4/c1-33-18-4-3-13(23)7-15(18)20-17(9-30(28-20)19(10-31)26-14-11-34-12-14)27-22(32)16-8-25-29-6-2-5-24-21(16)29/h2-10,14,19,26H,11-12H2,1H3,(H,27,32). The third-order valence-electron chi connectivity index (χ3n) is 5.38. The van der Waals surface area contributed by atoms with Crippen LogP contribution < -0.4 is 15.4 Å². The number of fused-ring (bicyclic) bond motifs is 1. The molecule has 174 valence electrons. The zero-order chi connectivity index (χ0) is 23.7. The number of aldehydes is 1. The lowest BCUT2D eigenvalue weighted by Crippen LogP contribution is -2.49. The van der Waals surface area contributed by atoms with Gasteiger partial charge in [0, 0.05) is 23.0 Å². The summed E-state index contributed by atoms with van der Waals surface area (Å²) in [6.45, 7) is 1.01. The monoisotopic (exact) mass is 481 g/mol. The van der Waals surface area contributed by atoms with Gasteiger partial charge in [0.15, 0.2) is 18.1 Å². The molecule has 1 aliphatic rings. The average molecular weight is 482 g/mol. The summed E-state index contributed by atoms with van der Waals surface area (Å²) in [4.78, 5) is 29.3. The Kier molecular flexibility index (Phi) is 5.97. The summed E-state index contributed by atoms with van der Waals surface area (Å²) >= 11 is 6.24. The summed E-state index contributed by atoms with van der Waals surface area (Å²) in [6, 6.07) is 6.83. The van der Waals surface area contributed by atoms with Gasteiger partial charge in [-0.2, -0.15) is 10.2 Å². The zero-order valence-electron chi connectivity index (χ0n) is 18.0. The van der Waals surface area contributed by atoms with Crippen LogP contribution in [0, 0.1) is 0 Å². The number of anilines is 1. The third kappa shape index (κ3) is 4.12. The van der Waals surface area contributed by atoms with E-state index in [1.54, 1.807) is 42.9 Å². The maximum absolute atomic E-state index is 13.2. The van der Waals surface area contributed by atoms with Crippen molar-refractivity contribution in [1.29, 1.82) is 0 Å². The highest BCUT2D eigenvalue weighted by molar-refractivity contribution is 6.31. The fourth-order valence-electron chi connectivity index (χ4n) is 3.62. The molecule has 4 heterocycles. The van der Waals surface area contributed by atoms with Gasteiger partial charge in [0.2, 0.25) is 0 Å². The van der Waals surface area contributed by atoms with E-state index in [0.29, 0.717) is 46.6 Å². The maximum atomic E-state index is 13.2. The van der Waals surface area contributed by atoms with Crippen molar-refractivity contribution < 1.29 is 19.1 Å². The molecule has 1 unspecified atom stereocenters. The van der Waals surface area contributed by atoms with E-state index in [0.717, 1.165) is 6.29 Å². The second-order valence-corrected chi connectivity index (χ2v) is 8.03. The molecule has 5 rings (SSSR count). The van der Waals surface area contributed by atoms with Crippen LogP contribution in [0.3, 0.4) is 0 Å². The molecule has 0 saturated carbocycles. The molecule has 1 atom stereocenters. The molecule has 1 fully saturated rings. The Morgan fingerprint density at radius 1 is 1.38 bits per heavy atom. The number of hydrogen-bond acceptors (Lipinski definition) is 8. The molecule has 34 heavy (non-hydrogen) atoms. The lowest BCUT2D eigenvalue weighted by Gasteiger charge is -2.29. The van der Waals surface area contributed by atoms with Crippen molar-refractivity contribution in [3.05, 3.63) is 59.6 Å². The van der Waals surface area contributed by atoms with Gasteiger partial charge in [-0.05, 0) is 24.3 Å². The van der Waals surface area contributed by atoms with Crippen LogP contribution in [0.4, 0.5) is 5.69 Å². The largest absolute Gasteiger partial charge is 0.496 e. The molecule has 0 radical (unpaired) electrons. The topological polar surface area (TPSA) is 125 Å². The Hall–Kier alpha value is -3.80. The average Bonchev–Trinajstić information content (AvgIpc) is 3.43. The minimum Gasteiger partial charge on any atom is -0.496 e. The van der Waals surface area contributed by atoms with Gasteiger partial charge in [0.05, 0.1) is 44.4 Å². The lowest BCUT2D eigenvalue weighted by molar-refractivity contribution is -0.113. The highest BCUT2D eigenvalue weighted by Crippen LogP contribution is 2.36. The predicted molar refractivity (Wildman–Crippen MR) is 123 cm³/mol. The summed E-state index contributed by atoms with van der Waals surface area (Å²) in [5, 5.41) is 15.3. The number of halogens is 1. The molecule has 4 aromatic rings. The van der Waals surface area contributed by atoms with Crippen molar-refractivity contribution in [3.63, 3.8) is 0 Å². The second kappa shape index (κ2) is 9.21. The number of nitrogens with zero attached hydrogens (tertiary/aromatic N) is 5. The van der Waals surface area contributed by atoms with E-state index in [2.05, 4.69) is 25.8 Å². The van der Waals surface area contributed by atoms with Crippen molar-refractivity contribution >= 4 is 35.1 Å². The Morgan fingerprint density at radius 2 is 2.24 bits per heavy atom. The number of benzene rings is 1. The number of nitrogens with one attached hydrogen (secondary N) is 2. The van der Waals surface area contributed by atoms with E-state index >= 15 is 0 Å². The molecule has 1 aromatic carbocycles. The van der Waals surface area contributed by atoms with Gasteiger partial charge in [-0.1, -0.05) is 11.6 Å². The number of carbonyl (C=O) groups is 2. The molecule has 0 aliphatic carbocycles. The number of aromatic nitrogens is 5. The van der Waals surface area contributed by atoms with E-state index < -0.39 is 12.1 Å². The van der Waals surface area contributed by atoms with Crippen molar-refractivity contribution in [2.24, 2.45) is 0 Å². The fourth-order valence-corrected chi connectivity index (χ4v) is 3.79. The molecule has 0 bridgehead atoms. The first-order chi connectivity index (χ1) is 16.6. The van der Waals surface area contributed by atoms with Gasteiger partial charge in [-0.15, -0.1) is 0 Å². The normalized spacial score (nSPS) is 14.5. The van der Waals surface area contributed by atoms with E-state index in [4.69, 9.17) is 21.1 Å². The smallest absolute Gasteiger partial charge is 0.261 e. The number of amides is 1.